The lowest BCUT2D eigenvalue weighted by Gasteiger charge is -2.19. The topological polar surface area (TPSA) is 98.2 Å². The maximum atomic E-state index is 11.3. The van der Waals surface area contributed by atoms with Gasteiger partial charge in [-0.1, -0.05) is 13.8 Å². The van der Waals surface area contributed by atoms with Gasteiger partial charge < -0.3 is 16.8 Å². The molecular weight excluding hydrogens is 206 g/mol. The number of nitrogens with two attached hydrogens (primary N) is 2. The summed E-state index contributed by atoms with van der Waals surface area (Å²) in [6.45, 7) is 4.82. The monoisotopic (exact) mass is 229 g/mol. The predicted molar refractivity (Wildman–Crippen MR) is 63.4 cm³/mol. The smallest absolute Gasteiger partial charge is 0.236 e. The highest BCUT2D eigenvalue weighted by molar-refractivity contribution is 5.83. The number of carbonyl (C=O) groups is 2. The molecule has 0 aliphatic rings. The summed E-state index contributed by atoms with van der Waals surface area (Å²) in [5, 5.41) is 2.47. The molecule has 0 rings (SSSR count). The van der Waals surface area contributed by atoms with Crippen LogP contribution in [0.3, 0.4) is 0 Å². The van der Waals surface area contributed by atoms with E-state index in [0.29, 0.717) is 24.8 Å². The van der Waals surface area contributed by atoms with Gasteiger partial charge >= 0.3 is 0 Å². The molecule has 94 valence electrons. The Labute approximate surface area is 96.9 Å². The van der Waals surface area contributed by atoms with E-state index in [1.807, 2.05) is 0 Å². The number of nitrogens with one attached hydrogen (secondary N) is 1. The Balaban J connectivity index is 3.82. The molecule has 0 saturated carbocycles. The van der Waals surface area contributed by atoms with E-state index in [-0.39, 0.29) is 12.5 Å². The number of rotatable bonds is 8. The molecule has 0 aliphatic heterocycles. The van der Waals surface area contributed by atoms with Crippen LogP contribution in [0.1, 0.15) is 33.1 Å². The van der Waals surface area contributed by atoms with Crippen molar-refractivity contribution >= 4 is 11.8 Å². The molecule has 0 aromatic rings. The third-order valence-electron chi connectivity index (χ3n) is 2.68. The Morgan fingerprint density at radius 1 is 1.25 bits per heavy atom. The number of hydrogen-bond acceptors (Lipinski definition) is 3. The molecule has 2 amide bonds. The van der Waals surface area contributed by atoms with Gasteiger partial charge in [-0.15, -0.1) is 0 Å². The predicted octanol–water partition coefficient (Wildman–Crippen LogP) is -0.0109. The summed E-state index contributed by atoms with van der Waals surface area (Å²) in [7, 11) is 0. The van der Waals surface area contributed by atoms with E-state index in [4.69, 9.17) is 11.5 Å². The molecule has 5 N–H and O–H groups in total. The van der Waals surface area contributed by atoms with Gasteiger partial charge in [0, 0.05) is 6.42 Å². The first-order chi connectivity index (χ1) is 7.47. The SMILES string of the molecule is CC(C)C(CCN)CCC(=O)NCC(N)=O. The van der Waals surface area contributed by atoms with Gasteiger partial charge in [-0.25, -0.2) is 0 Å². The zero-order chi connectivity index (χ0) is 12.6. The van der Waals surface area contributed by atoms with E-state index in [1.165, 1.54) is 0 Å². The van der Waals surface area contributed by atoms with E-state index in [9.17, 15) is 9.59 Å². The van der Waals surface area contributed by atoms with Crippen molar-refractivity contribution in [1.82, 2.24) is 5.32 Å². The summed E-state index contributed by atoms with van der Waals surface area (Å²) in [4.78, 5) is 21.8. The van der Waals surface area contributed by atoms with Crippen LogP contribution in [0.25, 0.3) is 0 Å². The molecular formula is C11H23N3O2. The standard InChI is InChI=1S/C11H23N3O2/c1-8(2)9(5-6-12)3-4-11(16)14-7-10(13)15/h8-9H,3-7,12H2,1-2H3,(H2,13,15)(H,14,16). The van der Waals surface area contributed by atoms with Gasteiger partial charge in [0.1, 0.15) is 0 Å². The Morgan fingerprint density at radius 2 is 1.88 bits per heavy atom. The zero-order valence-electron chi connectivity index (χ0n) is 10.2. The largest absolute Gasteiger partial charge is 0.368 e. The molecule has 0 spiro atoms. The first kappa shape index (κ1) is 14.9. The molecule has 0 fully saturated rings. The highest BCUT2D eigenvalue weighted by Gasteiger charge is 2.14. The summed E-state index contributed by atoms with van der Waals surface area (Å²) < 4.78 is 0. The van der Waals surface area contributed by atoms with Gasteiger partial charge in [0.2, 0.25) is 11.8 Å². The van der Waals surface area contributed by atoms with Crippen LogP contribution in [0, 0.1) is 11.8 Å². The van der Waals surface area contributed by atoms with E-state index >= 15 is 0 Å². The highest BCUT2D eigenvalue weighted by atomic mass is 16.2. The van der Waals surface area contributed by atoms with Crippen molar-refractivity contribution in [3.8, 4) is 0 Å². The Morgan fingerprint density at radius 3 is 2.31 bits per heavy atom. The van der Waals surface area contributed by atoms with E-state index in [0.717, 1.165) is 12.8 Å². The minimum Gasteiger partial charge on any atom is -0.368 e. The molecule has 5 nitrogen and oxygen atoms in total. The fourth-order valence-electron chi connectivity index (χ4n) is 1.62. The lowest BCUT2D eigenvalue weighted by atomic mass is 9.88. The number of carbonyl (C=O) groups excluding carboxylic acids is 2. The summed E-state index contributed by atoms with van der Waals surface area (Å²) in [5.74, 6) is 0.342. The van der Waals surface area contributed by atoms with Crippen LogP contribution in [0.4, 0.5) is 0 Å². The van der Waals surface area contributed by atoms with Crippen molar-refractivity contribution in [2.75, 3.05) is 13.1 Å². The van der Waals surface area contributed by atoms with Gasteiger partial charge in [-0.2, -0.15) is 0 Å². The second-order valence-corrected chi connectivity index (χ2v) is 4.36. The molecule has 1 unspecified atom stereocenters. The van der Waals surface area contributed by atoms with Crippen LogP contribution in [-0.2, 0) is 9.59 Å². The molecule has 0 aromatic carbocycles. The molecule has 1 atom stereocenters. The van der Waals surface area contributed by atoms with Gasteiger partial charge in [0.15, 0.2) is 0 Å². The van der Waals surface area contributed by atoms with Gasteiger partial charge in [-0.05, 0) is 31.2 Å². The minimum atomic E-state index is -0.518. The summed E-state index contributed by atoms with van der Waals surface area (Å²) in [6, 6.07) is 0. The van der Waals surface area contributed by atoms with Crippen molar-refractivity contribution < 1.29 is 9.59 Å². The average Bonchev–Trinajstić information content (AvgIpc) is 2.20. The van der Waals surface area contributed by atoms with E-state index in [2.05, 4.69) is 19.2 Å². The van der Waals surface area contributed by atoms with E-state index in [1.54, 1.807) is 0 Å². The van der Waals surface area contributed by atoms with Crippen LogP contribution in [-0.4, -0.2) is 24.9 Å². The number of primary amides is 1. The van der Waals surface area contributed by atoms with Gasteiger partial charge in [0.25, 0.3) is 0 Å². The van der Waals surface area contributed by atoms with Crippen molar-refractivity contribution in [2.24, 2.45) is 23.3 Å². The van der Waals surface area contributed by atoms with Crippen LogP contribution < -0.4 is 16.8 Å². The van der Waals surface area contributed by atoms with Crippen LogP contribution in [0.2, 0.25) is 0 Å². The maximum absolute atomic E-state index is 11.3. The summed E-state index contributed by atoms with van der Waals surface area (Å²) in [5.41, 5.74) is 10.4. The third-order valence-corrected chi connectivity index (χ3v) is 2.68. The second-order valence-electron chi connectivity index (χ2n) is 4.36. The fourth-order valence-corrected chi connectivity index (χ4v) is 1.62. The summed E-state index contributed by atoms with van der Waals surface area (Å²) in [6.07, 6.45) is 2.16. The first-order valence-electron chi connectivity index (χ1n) is 5.72. The van der Waals surface area contributed by atoms with Gasteiger partial charge in [0.05, 0.1) is 6.54 Å². The Kier molecular flexibility index (Phi) is 7.54. The molecule has 0 radical (unpaired) electrons. The average molecular weight is 229 g/mol. The zero-order valence-corrected chi connectivity index (χ0v) is 10.2. The molecule has 5 heteroatoms. The van der Waals surface area contributed by atoms with E-state index < -0.39 is 5.91 Å². The van der Waals surface area contributed by atoms with Crippen molar-refractivity contribution in [1.29, 1.82) is 0 Å². The molecule has 0 bridgehead atoms. The van der Waals surface area contributed by atoms with Gasteiger partial charge in [-0.3, -0.25) is 9.59 Å². The lowest BCUT2D eigenvalue weighted by molar-refractivity contribution is -0.125. The van der Waals surface area contributed by atoms with Crippen molar-refractivity contribution in [2.45, 2.75) is 33.1 Å². The Bertz CT molecular complexity index is 229. The molecule has 16 heavy (non-hydrogen) atoms. The maximum Gasteiger partial charge on any atom is 0.236 e. The van der Waals surface area contributed by atoms with Crippen molar-refractivity contribution in [3.05, 3.63) is 0 Å². The first-order valence-corrected chi connectivity index (χ1v) is 5.72. The lowest BCUT2D eigenvalue weighted by Crippen LogP contribution is -2.33. The molecule has 0 aliphatic carbocycles. The Hall–Kier alpha value is -1.10. The number of hydrogen-bond donors (Lipinski definition) is 3. The molecule has 0 heterocycles. The highest BCUT2D eigenvalue weighted by Crippen LogP contribution is 2.20. The molecule has 0 aromatic heterocycles. The van der Waals surface area contributed by atoms with Crippen LogP contribution in [0.5, 0.6) is 0 Å². The van der Waals surface area contributed by atoms with Crippen molar-refractivity contribution in [3.63, 3.8) is 0 Å². The summed E-state index contributed by atoms with van der Waals surface area (Å²) >= 11 is 0. The van der Waals surface area contributed by atoms with Crippen LogP contribution in [0.15, 0.2) is 0 Å². The minimum absolute atomic E-state index is 0.0813. The second kappa shape index (κ2) is 8.10. The molecule has 0 saturated heterocycles. The number of amides is 2. The van der Waals surface area contributed by atoms with Crippen LogP contribution >= 0.6 is 0 Å². The quantitative estimate of drug-likeness (QED) is 0.546. The third kappa shape index (κ3) is 7.23. The normalized spacial score (nSPS) is 12.5. The fraction of sp³-hybridized carbons (Fsp3) is 0.818.